The molecule has 0 saturated carbocycles. The van der Waals surface area contributed by atoms with Crippen molar-refractivity contribution in [2.24, 2.45) is 15.3 Å². The van der Waals surface area contributed by atoms with Crippen LogP contribution in [0.1, 0.15) is 5.56 Å². The minimum atomic E-state index is -0.519. The first-order valence-corrected chi connectivity index (χ1v) is 7.69. The van der Waals surface area contributed by atoms with Gasteiger partial charge < -0.3 is 0 Å². The lowest BCUT2D eigenvalue weighted by Crippen LogP contribution is -2.01. The molecule has 0 aliphatic carbocycles. The lowest BCUT2D eigenvalue weighted by Gasteiger charge is -2.03. The largest absolute Gasteiger partial charge is 0.287 e. The van der Waals surface area contributed by atoms with Crippen molar-refractivity contribution >= 4 is 23.0 Å². The molecule has 8 nitrogen and oxygen atoms in total. The summed E-state index contributed by atoms with van der Waals surface area (Å²) in [5.74, 6) is 0.605. The lowest BCUT2D eigenvalue weighted by atomic mass is 10.2. The highest BCUT2D eigenvalue weighted by molar-refractivity contribution is 5.99. The second-order valence-corrected chi connectivity index (χ2v) is 5.11. The fraction of sp³-hybridized carbons (Fsp3) is 0. The molecule has 0 spiro atoms. The van der Waals surface area contributed by atoms with Crippen LogP contribution in [0.25, 0.3) is 0 Å². The maximum Gasteiger partial charge on any atom is 0.287 e. The van der Waals surface area contributed by atoms with Gasteiger partial charge in [-0.05, 0) is 18.2 Å². The molecule has 8 heteroatoms. The van der Waals surface area contributed by atoms with Gasteiger partial charge in [-0.25, -0.2) is 4.98 Å². The molecule has 128 valence electrons. The molecule has 3 rings (SSSR count). The van der Waals surface area contributed by atoms with Gasteiger partial charge in [0.15, 0.2) is 5.82 Å². The van der Waals surface area contributed by atoms with E-state index in [9.17, 15) is 10.1 Å². The molecule has 2 aromatic carbocycles. The van der Waals surface area contributed by atoms with Crippen LogP contribution in [0.2, 0.25) is 0 Å². The van der Waals surface area contributed by atoms with Crippen molar-refractivity contribution < 1.29 is 4.92 Å². The second kappa shape index (κ2) is 8.25. The average Bonchev–Trinajstić information content (AvgIpc) is 2.70. The van der Waals surface area contributed by atoms with E-state index in [1.807, 2.05) is 60.7 Å². The summed E-state index contributed by atoms with van der Waals surface area (Å²) in [4.78, 5) is 14.1. The number of nitrogens with one attached hydrogen (secondary N) is 1. The van der Waals surface area contributed by atoms with Gasteiger partial charge in [0, 0.05) is 11.6 Å². The highest BCUT2D eigenvalue weighted by Crippen LogP contribution is 2.15. The molecule has 3 aromatic rings. The monoisotopic (exact) mass is 346 g/mol. The van der Waals surface area contributed by atoms with Crippen molar-refractivity contribution in [2.45, 2.75) is 0 Å². The molecule has 1 N–H and O–H groups in total. The van der Waals surface area contributed by atoms with E-state index in [2.05, 4.69) is 25.7 Å². The van der Waals surface area contributed by atoms with Gasteiger partial charge in [0.1, 0.15) is 6.20 Å². The molecule has 0 radical (unpaired) electrons. The number of amidine groups is 1. The van der Waals surface area contributed by atoms with E-state index in [0.717, 1.165) is 17.4 Å². The van der Waals surface area contributed by atoms with Gasteiger partial charge in [0.2, 0.25) is 5.84 Å². The van der Waals surface area contributed by atoms with Crippen molar-refractivity contribution in [3.63, 3.8) is 0 Å². The van der Waals surface area contributed by atoms with Crippen LogP contribution in [-0.4, -0.2) is 15.7 Å². The molecule has 0 fully saturated rings. The molecule has 0 atom stereocenters. The Bertz CT molecular complexity index is 925. The number of aromatic nitrogens is 1. The molecule has 0 aliphatic heterocycles. The van der Waals surface area contributed by atoms with E-state index in [1.54, 1.807) is 0 Å². The molecular formula is C18H14N6O2. The fourth-order valence-corrected chi connectivity index (χ4v) is 2.01. The number of pyridine rings is 1. The Hall–Kier alpha value is -3.94. The summed E-state index contributed by atoms with van der Waals surface area (Å²) in [6.07, 6.45) is 1.13. The summed E-state index contributed by atoms with van der Waals surface area (Å²) in [6, 6.07) is 21.5. The Balaban J connectivity index is 1.84. The maximum atomic E-state index is 10.7. The Kier molecular flexibility index (Phi) is 5.36. The van der Waals surface area contributed by atoms with Gasteiger partial charge in [0.05, 0.1) is 10.6 Å². The van der Waals surface area contributed by atoms with Crippen molar-refractivity contribution in [1.82, 2.24) is 4.98 Å². The number of azo groups is 1. The molecular weight excluding hydrogens is 332 g/mol. The van der Waals surface area contributed by atoms with Crippen LogP contribution >= 0.6 is 0 Å². The molecule has 0 amide bonds. The Morgan fingerprint density at radius 2 is 1.65 bits per heavy atom. The quantitative estimate of drug-likeness (QED) is 0.240. The van der Waals surface area contributed by atoms with Crippen molar-refractivity contribution in [3.05, 3.63) is 94.7 Å². The van der Waals surface area contributed by atoms with Gasteiger partial charge in [-0.15, -0.1) is 10.2 Å². The van der Waals surface area contributed by atoms with E-state index < -0.39 is 4.92 Å². The van der Waals surface area contributed by atoms with Gasteiger partial charge in [0.25, 0.3) is 5.69 Å². The first-order valence-electron chi connectivity index (χ1n) is 7.69. The van der Waals surface area contributed by atoms with E-state index in [-0.39, 0.29) is 11.5 Å². The van der Waals surface area contributed by atoms with Crippen LogP contribution in [-0.2, 0) is 0 Å². The fourth-order valence-electron chi connectivity index (χ4n) is 2.01. The van der Waals surface area contributed by atoms with Gasteiger partial charge in [-0.2, -0.15) is 5.10 Å². The maximum absolute atomic E-state index is 10.7. The number of rotatable bonds is 5. The smallest absolute Gasteiger partial charge is 0.276 e. The van der Waals surface area contributed by atoms with Crippen molar-refractivity contribution in [1.29, 1.82) is 0 Å². The number of benzene rings is 2. The van der Waals surface area contributed by atoms with Crippen LogP contribution in [0.15, 0.2) is 94.3 Å². The summed E-state index contributed by atoms with van der Waals surface area (Å²) in [5.41, 5.74) is 4.40. The normalized spacial score (nSPS) is 11.5. The van der Waals surface area contributed by atoms with Crippen LogP contribution in [0.3, 0.4) is 0 Å². The third-order valence-electron chi connectivity index (χ3n) is 3.29. The van der Waals surface area contributed by atoms with Crippen molar-refractivity contribution in [2.75, 3.05) is 5.43 Å². The van der Waals surface area contributed by atoms with Gasteiger partial charge >= 0.3 is 0 Å². The van der Waals surface area contributed by atoms with E-state index in [1.165, 1.54) is 12.1 Å². The van der Waals surface area contributed by atoms with Gasteiger partial charge in [-0.3, -0.25) is 15.5 Å². The SMILES string of the molecule is O=[N+]([O-])c1ccc(N=NC(=NNc2ccccc2)c2ccccc2)nc1. The van der Waals surface area contributed by atoms with Crippen LogP contribution in [0, 0.1) is 10.1 Å². The summed E-state index contributed by atoms with van der Waals surface area (Å²) >= 11 is 0. The number of nitrogens with zero attached hydrogens (tertiary/aromatic N) is 5. The number of para-hydroxylation sites is 1. The molecule has 0 bridgehead atoms. The summed E-state index contributed by atoms with van der Waals surface area (Å²) in [7, 11) is 0. The Morgan fingerprint density at radius 1 is 0.962 bits per heavy atom. The minimum absolute atomic E-state index is 0.105. The number of hydrogen-bond donors (Lipinski definition) is 1. The number of hydrazone groups is 1. The first kappa shape index (κ1) is 16.9. The zero-order valence-electron chi connectivity index (χ0n) is 13.6. The summed E-state index contributed by atoms with van der Waals surface area (Å²) in [6.45, 7) is 0. The Morgan fingerprint density at radius 3 is 2.27 bits per heavy atom. The van der Waals surface area contributed by atoms with E-state index in [0.29, 0.717) is 5.84 Å². The predicted molar refractivity (Wildman–Crippen MR) is 98.5 cm³/mol. The van der Waals surface area contributed by atoms with Crippen LogP contribution < -0.4 is 5.43 Å². The van der Waals surface area contributed by atoms with Crippen LogP contribution in [0.5, 0.6) is 0 Å². The third kappa shape index (κ3) is 4.54. The number of hydrogen-bond acceptors (Lipinski definition) is 6. The molecule has 0 unspecified atom stereocenters. The molecule has 26 heavy (non-hydrogen) atoms. The highest BCUT2D eigenvalue weighted by Gasteiger charge is 2.06. The van der Waals surface area contributed by atoms with Crippen molar-refractivity contribution in [3.8, 4) is 0 Å². The molecule has 0 saturated heterocycles. The number of nitro groups is 1. The standard InChI is InChI=1S/C18H14N6O2/c25-24(26)16-11-12-17(19-13-16)21-23-18(14-7-3-1-4-8-14)22-20-15-9-5-2-6-10-15/h1-13,20H. The Labute approximate surface area is 149 Å². The highest BCUT2D eigenvalue weighted by atomic mass is 16.6. The van der Waals surface area contributed by atoms with Gasteiger partial charge in [-0.1, -0.05) is 48.5 Å². The predicted octanol–water partition coefficient (Wildman–Crippen LogP) is 4.55. The second-order valence-electron chi connectivity index (χ2n) is 5.11. The zero-order valence-corrected chi connectivity index (χ0v) is 13.6. The lowest BCUT2D eigenvalue weighted by molar-refractivity contribution is -0.385. The van der Waals surface area contributed by atoms with Crippen LogP contribution in [0.4, 0.5) is 17.2 Å². The molecule has 0 aliphatic rings. The average molecular weight is 346 g/mol. The summed E-state index contributed by atoms with van der Waals surface area (Å²) in [5, 5.41) is 23.1. The molecule has 1 heterocycles. The topological polar surface area (TPSA) is 105 Å². The molecule has 1 aromatic heterocycles. The van der Waals surface area contributed by atoms with E-state index in [4.69, 9.17) is 0 Å². The first-order chi connectivity index (χ1) is 12.7. The zero-order chi connectivity index (χ0) is 18.2. The minimum Gasteiger partial charge on any atom is -0.276 e. The third-order valence-corrected chi connectivity index (χ3v) is 3.29. The summed E-state index contributed by atoms with van der Waals surface area (Å²) < 4.78 is 0. The van der Waals surface area contributed by atoms with E-state index >= 15 is 0 Å². The number of anilines is 1.